The molecule has 1 aromatic carbocycles. The highest BCUT2D eigenvalue weighted by atomic mass is 16.3. The first-order valence-electron chi connectivity index (χ1n) is 8.87. The van der Waals surface area contributed by atoms with E-state index in [1.54, 1.807) is 42.1 Å². The van der Waals surface area contributed by atoms with Crippen molar-refractivity contribution in [3.05, 3.63) is 71.3 Å². The Bertz CT molecular complexity index is 1230. The molecule has 9 heteroatoms. The number of carbonyl (C=O) groups excluding carboxylic acids is 2. The molecule has 0 radical (unpaired) electrons. The maximum atomic E-state index is 13.1. The summed E-state index contributed by atoms with van der Waals surface area (Å²) in [5.74, 6) is -0.566. The van der Waals surface area contributed by atoms with Crippen LogP contribution in [0.5, 0.6) is 0 Å². The average Bonchev–Trinajstić information content (AvgIpc) is 3.31. The van der Waals surface area contributed by atoms with E-state index in [1.165, 1.54) is 12.3 Å². The molecule has 0 saturated carbocycles. The fourth-order valence-corrected chi connectivity index (χ4v) is 3.16. The van der Waals surface area contributed by atoms with Crippen LogP contribution in [-0.2, 0) is 6.54 Å². The monoisotopic (exact) mass is 390 g/mol. The van der Waals surface area contributed by atoms with Gasteiger partial charge in [-0.3, -0.25) is 14.3 Å². The van der Waals surface area contributed by atoms with Gasteiger partial charge >= 0.3 is 0 Å². The maximum absolute atomic E-state index is 13.1. The van der Waals surface area contributed by atoms with Gasteiger partial charge in [0.05, 0.1) is 34.4 Å². The van der Waals surface area contributed by atoms with Crippen LogP contribution in [-0.4, -0.2) is 31.6 Å². The van der Waals surface area contributed by atoms with Gasteiger partial charge < -0.3 is 15.5 Å². The molecule has 3 aromatic heterocycles. The Kier molecular flexibility index (Phi) is 4.55. The Morgan fingerprint density at radius 2 is 2.03 bits per heavy atom. The standard InChI is InChI=1S/C20H18N6O3/c1-11-18(12(2)26(25-11)10-17-22-7-8-29-17)24-20(28)14-9-16(19(21)27)23-15-6-4-3-5-13(14)15/h3-9H,10H2,1-2H3,(H2,21,27)(H,24,28). The van der Waals surface area contributed by atoms with Crippen LogP contribution < -0.4 is 11.1 Å². The number of primary amides is 1. The molecule has 4 rings (SSSR count). The Hall–Kier alpha value is -4.01. The number of anilines is 1. The van der Waals surface area contributed by atoms with E-state index in [9.17, 15) is 9.59 Å². The van der Waals surface area contributed by atoms with Crippen LogP contribution in [0.2, 0.25) is 0 Å². The topological polar surface area (TPSA) is 129 Å². The Morgan fingerprint density at radius 1 is 1.24 bits per heavy atom. The van der Waals surface area contributed by atoms with Crippen LogP contribution in [0.25, 0.3) is 10.9 Å². The third-order valence-corrected chi connectivity index (χ3v) is 4.60. The molecular weight excluding hydrogens is 372 g/mol. The number of rotatable bonds is 5. The Balaban J connectivity index is 1.70. The maximum Gasteiger partial charge on any atom is 0.267 e. The zero-order valence-corrected chi connectivity index (χ0v) is 15.8. The summed E-state index contributed by atoms with van der Waals surface area (Å²) in [6.45, 7) is 3.99. The number of carbonyl (C=O) groups is 2. The van der Waals surface area contributed by atoms with E-state index in [2.05, 4.69) is 20.4 Å². The van der Waals surface area contributed by atoms with Gasteiger partial charge in [0.2, 0.25) is 5.89 Å². The number of aryl methyl sites for hydroxylation is 1. The van der Waals surface area contributed by atoms with Crippen molar-refractivity contribution in [2.75, 3.05) is 5.32 Å². The van der Waals surface area contributed by atoms with Crippen LogP contribution >= 0.6 is 0 Å². The molecule has 0 aliphatic carbocycles. The van der Waals surface area contributed by atoms with Crippen molar-refractivity contribution >= 4 is 28.4 Å². The van der Waals surface area contributed by atoms with Crippen LogP contribution in [0.15, 0.2) is 47.2 Å². The molecule has 146 valence electrons. The largest absolute Gasteiger partial charge is 0.447 e. The lowest BCUT2D eigenvalue weighted by atomic mass is 10.1. The minimum atomic E-state index is -0.698. The second kappa shape index (κ2) is 7.19. The highest BCUT2D eigenvalue weighted by molar-refractivity contribution is 6.14. The number of oxazole rings is 1. The number of nitrogens with zero attached hydrogens (tertiary/aromatic N) is 4. The van der Waals surface area contributed by atoms with Crippen molar-refractivity contribution in [2.24, 2.45) is 5.73 Å². The fourth-order valence-electron chi connectivity index (χ4n) is 3.16. The zero-order valence-electron chi connectivity index (χ0n) is 15.8. The van der Waals surface area contributed by atoms with Gasteiger partial charge in [-0.1, -0.05) is 18.2 Å². The van der Waals surface area contributed by atoms with Gasteiger partial charge in [0.1, 0.15) is 18.5 Å². The van der Waals surface area contributed by atoms with Crippen LogP contribution in [0.4, 0.5) is 5.69 Å². The summed E-state index contributed by atoms with van der Waals surface area (Å²) in [6, 6.07) is 8.48. The van der Waals surface area contributed by atoms with Crippen molar-refractivity contribution in [3.63, 3.8) is 0 Å². The van der Waals surface area contributed by atoms with E-state index in [0.29, 0.717) is 40.3 Å². The van der Waals surface area contributed by atoms with Gasteiger partial charge in [-0.15, -0.1) is 0 Å². The fraction of sp³-hybridized carbons (Fsp3) is 0.150. The minimum Gasteiger partial charge on any atom is -0.447 e. The number of hydrogen-bond donors (Lipinski definition) is 2. The summed E-state index contributed by atoms with van der Waals surface area (Å²) in [4.78, 5) is 33.0. The van der Waals surface area contributed by atoms with Gasteiger partial charge in [-0.25, -0.2) is 9.97 Å². The van der Waals surface area contributed by atoms with Crippen molar-refractivity contribution in [3.8, 4) is 0 Å². The van der Waals surface area contributed by atoms with Crippen molar-refractivity contribution in [1.82, 2.24) is 19.7 Å². The SMILES string of the molecule is Cc1nn(Cc2ncco2)c(C)c1NC(=O)c1cc(C(N)=O)nc2ccccc12. The van der Waals surface area contributed by atoms with Gasteiger partial charge in [0.15, 0.2) is 0 Å². The minimum absolute atomic E-state index is 0.0295. The zero-order chi connectivity index (χ0) is 20.5. The van der Waals surface area contributed by atoms with E-state index >= 15 is 0 Å². The molecule has 29 heavy (non-hydrogen) atoms. The average molecular weight is 390 g/mol. The summed E-state index contributed by atoms with van der Waals surface area (Å²) >= 11 is 0. The highest BCUT2D eigenvalue weighted by Crippen LogP contribution is 2.24. The predicted molar refractivity (Wildman–Crippen MR) is 106 cm³/mol. The summed E-state index contributed by atoms with van der Waals surface area (Å²) in [7, 11) is 0. The predicted octanol–water partition coefficient (Wildman–Crippen LogP) is 2.44. The molecule has 0 unspecified atom stereocenters. The van der Waals surface area contributed by atoms with Crippen LogP contribution in [0.3, 0.4) is 0 Å². The molecule has 0 aliphatic rings. The van der Waals surface area contributed by atoms with Gasteiger partial charge in [-0.05, 0) is 26.0 Å². The smallest absolute Gasteiger partial charge is 0.267 e. The second-order valence-electron chi connectivity index (χ2n) is 6.52. The van der Waals surface area contributed by atoms with E-state index in [1.807, 2.05) is 6.92 Å². The molecule has 3 heterocycles. The van der Waals surface area contributed by atoms with Gasteiger partial charge in [0, 0.05) is 5.39 Å². The van der Waals surface area contributed by atoms with Gasteiger partial charge in [0.25, 0.3) is 11.8 Å². The van der Waals surface area contributed by atoms with E-state index in [4.69, 9.17) is 10.2 Å². The number of aromatic nitrogens is 4. The summed E-state index contributed by atoms with van der Waals surface area (Å²) in [6.07, 6.45) is 3.06. The first-order valence-corrected chi connectivity index (χ1v) is 8.87. The molecule has 2 amide bonds. The molecule has 9 nitrogen and oxygen atoms in total. The number of pyridine rings is 1. The first kappa shape index (κ1) is 18.4. The van der Waals surface area contributed by atoms with Gasteiger partial charge in [-0.2, -0.15) is 5.10 Å². The number of benzene rings is 1. The second-order valence-corrected chi connectivity index (χ2v) is 6.52. The molecular formula is C20H18N6O3. The molecule has 0 aliphatic heterocycles. The molecule has 0 fully saturated rings. The number of para-hydroxylation sites is 1. The summed E-state index contributed by atoms with van der Waals surface area (Å²) in [5, 5.41) is 7.98. The van der Waals surface area contributed by atoms with Crippen molar-refractivity contribution in [2.45, 2.75) is 20.4 Å². The number of nitrogens with one attached hydrogen (secondary N) is 1. The van der Waals surface area contributed by atoms with Crippen molar-refractivity contribution < 1.29 is 14.0 Å². The van der Waals surface area contributed by atoms with Crippen LogP contribution in [0.1, 0.15) is 38.1 Å². The number of nitrogens with two attached hydrogens (primary N) is 1. The molecule has 0 atom stereocenters. The van der Waals surface area contributed by atoms with E-state index in [0.717, 1.165) is 5.69 Å². The lowest BCUT2D eigenvalue weighted by molar-refractivity contribution is 0.0996. The molecule has 3 N–H and O–H groups in total. The third-order valence-electron chi connectivity index (χ3n) is 4.60. The number of hydrogen-bond acceptors (Lipinski definition) is 6. The third kappa shape index (κ3) is 3.45. The van der Waals surface area contributed by atoms with Crippen LogP contribution in [0, 0.1) is 13.8 Å². The van der Waals surface area contributed by atoms with E-state index < -0.39 is 5.91 Å². The Labute approximate surface area is 165 Å². The quantitative estimate of drug-likeness (QED) is 0.538. The summed E-state index contributed by atoms with van der Waals surface area (Å²) < 4.78 is 6.97. The lowest BCUT2D eigenvalue weighted by Crippen LogP contribution is -2.18. The molecule has 4 aromatic rings. The van der Waals surface area contributed by atoms with Crippen molar-refractivity contribution in [1.29, 1.82) is 0 Å². The molecule has 0 bridgehead atoms. The molecule has 0 saturated heterocycles. The summed E-state index contributed by atoms with van der Waals surface area (Å²) in [5.41, 5.74) is 8.22. The number of amides is 2. The van der Waals surface area contributed by atoms with E-state index in [-0.39, 0.29) is 11.6 Å². The Morgan fingerprint density at radius 3 is 2.76 bits per heavy atom. The first-order chi connectivity index (χ1) is 13.9. The normalized spacial score (nSPS) is 11.0. The highest BCUT2D eigenvalue weighted by Gasteiger charge is 2.19. The number of fused-ring (bicyclic) bond motifs is 1. The lowest BCUT2D eigenvalue weighted by Gasteiger charge is -2.10. The molecule has 0 spiro atoms.